The van der Waals surface area contributed by atoms with Crippen LogP contribution in [0.5, 0.6) is 0 Å². The van der Waals surface area contributed by atoms with Crippen LogP contribution in [0.3, 0.4) is 0 Å². The van der Waals surface area contributed by atoms with Gasteiger partial charge in [0.25, 0.3) is 5.91 Å². The lowest BCUT2D eigenvalue weighted by atomic mass is 10.1. The SMILES string of the molecule is C=c1oc(-c2ccc(F)cc2)c(C(=O)NC)/c1=C/CC. The van der Waals surface area contributed by atoms with Crippen LogP contribution in [0.4, 0.5) is 4.39 Å². The Labute approximate surface area is 116 Å². The molecule has 1 heterocycles. The highest BCUT2D eigenvalue weighted by Crippen LogP contribution is 2.21. The molecule has 3 nitrogen and oxygen atoms in total. The van der Waals surface area contributed by atoms with E-state index in [1.165, 1.54) is 12.1 Å². The molecule has 0 atom stereocenters. The Morgan fingerprint density at radius 2 is 2.05 bits per heavy atom. The van der Waals surface area contributed by atoms with Crippen LogP contribution in [0, 0.1) is 5.82 Å². The highest BCUT2D eigenvalue weighted by molar-refractivity contribution is 5.99. The molecule has 0 unspecified atom stereocenters. The Hall–Kier alpha value is -2.36. The highest BCUT2D eigenvalue weighted by Gasteiger charge is 2.18. The lowest BCUT2D eigenvalue weighted by Gasteiger charge is -2.02. The smallest absolute Gasteiger partial charge is 0.255 e. The second-order valence-corrected chi connectivity index (χ2v) is 4.34. The molecule has 0 saturated heterocycles. The zero-order valence-corrected chi connectivity index (χ0v) is 11.5. The number of halogens is 1. The van der Waals surface area contributed by atoms with Gasteiger partial charge in [-0.1, -0.05) is 19.6 Å². The molecule has 4 heteroatoms. The molecule has 0 spiro atoms. The van der Waals surface area contributed by atoms with Crippen molar-refractivity contribution < 1.29 is 13.6 Å². The third kappa shape index (κ3) is 2.50. The summed E-state index contributed by atoms with van der Waals surface area (Å²) in [6.07, 6.45) is 2.65. The summed E-state index contributed by atoms with van der Waals surface area (Å²) in [6.45, 7) is 5.80. The molecule has 0 radical (unpaired) electrons. The van der Waals surface area contributed by atoms with Gasteiger partial charge in [-0.25, -0.2) is 4.39 Å². The Kier molecular flexibility index (Phi) is 4.03. The first-order chi connectivity index (χ1) is 9.58. The average Bonchev–Trinajstić information content (AvgIpc) is 2.77. The number of amides is 1. The van der Waals surface area contributed by atoms with Crippen molar-refractivity contribution in [3.63, 3.8) is 0 Å². The Bertz CT molecular complexity index is 729. The first kappa shape index (κ1) is 14.1. The molecule has 2 rings (SSSR count). The Morgan fingerprint density at radius 3 is 2.60 bits per heavy atom. The first-order valence-electron chi connectivity index (χ1n) is 6.38. The van der Waals surface area contributed by atoms with Crippen LogP contribution in [0.1, 0.15) is 23.7 Å². The summed E-state index contributed by atoms with van der Waals surface area (Å²) in [4.78, 5) is 12.1. The number of carbonyl (C=O) groups excluding carboxylic acids is 1. The van der Waals surface area contributed by atoms with Gasteiger partial charge in [0.15, 0.2) is 0 Å². The van der Waals surface area contributed by atoms with Gasteiger partial charge in [0.05, 0.1) is 5.56 Å². The van der Waals surface area contributed by atoms with E-state index in [0.29, 0.717) is 27.5 Å². The molecule has 20 heavy (non-hydrogen) atoms. The van der Waals surface area contributed by atoms with Gasteiger partial charge in [-0.2, -0.15) is 0 Å². The molecule has 0 aliphatic carbocycles. The molecule has 0 bridgehead atoms. The normalized spacial score (nSPS) is 11.7. The maximum atomic E-state index is 13.0. The van der Waals surface area contributed by atoms with Gasteiger partial charge in [-0.05, 0) is 30.7 Å². The van der Waals surface area contributed by atoms with E-state index in [-0.39, 0.29) is 11.7 Å². The van der Waals surface area contributed by atoms with Crippen molar-refractivity contribution in [2.24, 2.45) is 0 Å². The average molecular weight is 273 g/mol. The van der Waals surface area contributed by atoms with Crippen molar-refractivity contribution in [2.75, 3.05) is 7.05 Å². The molecule has 1 aromatic carbocycles. The van der Waals surface area contributed by atoms with E-state index in [1.54, 1.807) is 19.2 Å². The lowest BCUT2D eigenvalue weighted by molar-refractivity contribution is 0.0962. The van der Waals surface area contributed by atoms with Gasteiger partial charge in [0, 0.05) is 17.8 Å². The summed E-state index contributed by atoms with van der Waals surface area (Å²) in [5, 5.41) is 3.28. The van der Waals surface area contributed by atoms with Crippen LogP contribution in [0.25, 0.3) is 24.0 Å². The van der Waals surface area contributed by atoms with Crippen LogP contribution in [-0.4, -0.2) is 13.0 Å². The maximum absolute atomic E-state index is 13.0. The largest absolute Gasteiger partial charge is 0.456 e. The molecule has 2 aromatic rings. The second kappa shape index (κ2) is 5.74. The number of carbonyl (C=O) groups is 1. The summed E-state index contributed by atoms with van der Waals surface area (Å²) in [7, 11) is 1.56. The number of hydrogen-bond acceptors (Lipinski definition) is 2. The number of hydrogen-bond donors (Lipinski definition) is 1. The van der Waals surface area contributed by atoms with E-state index in [9.17, 15) is 9.18 Å². The van der Waals surface area contributed by atoms with E-state index in [4.69, 9.17) is 4.42 Å². The lowest BCUT2D eigenvalue weighted by Crippen LogP contribution is -2.29. The minimum atomic E-state index is -0.336. The molecule has 1 N–H and O–H groups in total. The van der Waals surface area contributed by atoms with Crippen molar-refractivity contribution in [2.45, 2.75) is 13.3 Å². The van der Waals surface area contributed by atoms with E-state index in [0.717, 1.165) is 6.42 Å². The van der Waals surface area contributed by atoms with Gasteiger partial charge in [0.1, 0.15) is 17.0 Å². The standard InChI is InChI=1S/C16H16FNO2/c1-4-5-13-10(2)20-15(14(13)16(19)18-3)11-6-8-12(17)9-7-11/h5-9H,2,4H2,1,3H3,(H,18,19)/b13-5+. The predicted octanol–water partition coefficient (Wildman–Crippen LogP) is 2.05. The third-order valence-electron chi connectivity index (χ3n) is 2.99. The molecule has 0 aliphatic rings. The fourth-order valence-electron chi connectivity index (χ4n) is 2.07. The first-order valence-corrected chi connectivity index (χ1v) is 6.38. The second-order valence-electron chi connectivity index (χ2n) is 4.34. The van der Waals surface area contributed by atoms with Gasteiger partial charge in [-0.3, -0.25) is 4.79 Å². The molecular formula is C16H16FNO2. The van der Waals surface area contributed by atoms with E-state index < -0.39 is 0 Å². The quantitative estimate of drug-likeness (QED) is 0.930. The molecule has 0 saturated carbocycles. The molecule has 0 fully saturated rings. The summed E-state index contributed by atoms with van der Waals surface area (Å²) in [5.41, 5.74) is 1.52. The van der Waals surface area contributed by atoms with Crippen molar-refractivity contribution in [1.29, 1.82) is 0 Å². The van der Waals surface area contributed by atoms with Crippen LogP contribution in [-0.2, 0) is 0 Å². The van der Waals surface area contributed by atoms with Gasteiger partial charge in [0.2, 0.25) is 0 Å². The zero-order valence-electron chi connectivity index (χ0n) is 11.5. The summed E-state index contributed by atoms with van der Waals surface area (Å²) in [6, 6.07) is 5.82. The summed E-state index contributed by atoms with van der Waals surface area (Å²) in [5.74, 6) is -0.172. The molecule has 0 aliphatic heterocycles. The van der Waals surface area contributed by atoms with E-state index >= 15 is 0 Å². The Morgan fingerprint density at radius 1 is 1.40 bits per heavy atom. The minimum absolute atomic E-state index is 0.248. The van der Waals surface area contributed by atoms with Crippen LogP contribution >= 0.6 is 0 Å². The fourth-order valence-corrected chi connectivity index (χ4v) is 2.07. The van der Waals surface area contributed by atoms with Gasteiger partial charge < -0.3 is 9.73 Å². The highest BCUT2D eigenvalue weighted by atomic mass is 19.1. The fraction of sp³-hybridized carbons (Fsp3) is 0.188. The van der Waals surface area contributed by atoms with Crippen LogP contribution < -0.4 is 16.0 Å². The minimum Gasteiger partial charge on any atom is -0.456 e. The molecule has 104 valence electrons. The van der Waals surface area contributed by atoms with Gasteiger partial charge in [-0.15, -0.1) is 0 Å². The van der Waals surface area contributed by atoms with Gasteiger partial charge >= 0.3 is 0 Å². The number of rotatable bonds is 3. The summed E-state index contributed by atoms with van der Waals surface area (Å²) >= 11 is 0. The zero-order chi connectivity index (χ0) is 14.7. The van der Waals surface area contributed by atoms with E-state index in [2.05, 4.69) is 11.9 Å². The number of furan rings is 1. The number of benzene rings is 1. The van der Waals surface area contributed by atoms with E-state index in [1.807, 2.05) is 13.0 Å². The number of nitrogens with one attached hydrogen (secondary N) is 1. The van der Waals surface area contributed by atoms with Crippen LogP contribution in [0.2, 0.25) is 0 Å². The van der Waals surface area contributed by atoms with Crippen LogP contribution in [0.15, 0.2) is 28.7 Å². The van der Waals surface area contributed by atoms with Crippen molar-refractivity contribution in [3.8, 4) is 11.3 Å². The third-order valence-corrected chi connectivity index (χ3v) is 2.99. The topological polar surface area (TPSA) is 42.2 Å². The Balaban J connectivity index is 2.74. The van der Waals surface area contributed by atoms with Crippen molar-refractivity contribution in [1.82, 2.24) is 5.32 Å². The molecule has 1 aromatic heterocycles. The molecule has 1 amide bonds. The predicted molar refractivity (Wildman–Crippen MR) is 77.0 cm³/mol. The monoisotopic (exact) mass is 273 g/mol. The molecular weight excluding hydrogens is 257 g/mol. The van der Waals surface area contributed by atoms with Crippen molar-refractivity contribution >= 4 is 18.6 Å². The maximum Gasteiger partial charge on any atom is 0.255 e. The van der Waals surface area contributed by atoms with Crippen molar-refractivity contribution in [3.05, 3.63) is 46.3 Å². The summed E-state index contributed by atoms with van der Waals surface area (Å²) < 4.78 is 18.6.